The van der Waals surface area contributed by atoms with Crippen LogP contribution in [0.15, 0.2) is 30.5 Å². The van der Waals surface area contributed by atoms with Gasteiger partial charge in [-0.1, -0.05) is 42.0 Å². The van der Waals surface area contributed by atoms with Gasteiger partial charge in [0.15, 0.2) is 5.69 Å². The van der Waals surface area contributed by atoms with E-state index in [0.29, 0.717) is 26.1 Å². The fourth-order valence-corrected chi connectivity index (χ4v) is 1.93. The van der Waals surface area contributed by atoms with Crippen LogP contribution < -0.4 is 10.6 Å². The van der Waals surface area contributed by atoms with Crippen molar-refractivity contribution in [1.29, 1.82) is 0 Å². The molecule has 7 nitrogen and oxygen atoms in total. The lowest BCUT2D eigenvalue weighted by molar-refractivity contribution is -0.120. The molecule has 0 radical (unpaired) electrons. The molecule has 0 saturated heterocycles. The summed E-state index contributed by atoms with van der Waals surface area (Å²) >= 11 is 0. The maximum atomic E-state index is 12.0. The molecule has 2 amide bonds. The largest absolute Gasteiger partial charge is 0.354 e. The topological polar surface area (TPSA) is 88.9 Å². The average molecular weight is 315 g/mol. The van der Waals surface area contributed by atoms with E-state index in [2.05, 4.69) is 20.9 Å². The summed E-state index contributed by atoms with van der Waals surface area (Å²) in [5, 5.41) is 13.3. The third kappa shape index (κ3) is 5.21. The van der Waals surface area contributed by atoms with Crippen LogP contribution in [0.2, 0.25) is 0 Å². The molecule has 0 atom stereocenters. The molecule has 1 heterocycles. The predicted molar refractivity (Wildman–Crippen MR) is 85.7 cm³/mol. The highest BCUT2D eigenvalue weighted by Gasteiger charge is 2.10. The standard InChI is InChI=1S/C16H21N5O2/c1-3-15(22)17-8-9-21-11-14(19-20-21)16(23)18-10-13-6-4-12(2)5-7-13/h4-7,11H,3,8-10H2,1-2H3,(H,17,22)(H,18,23). The number of rotatable bonds is 7. The summed E-state index contributed by atoms with van der Waals surface area (Å²) in [5.74, 6) is -0.282. The smallest absolute Gasteiger partial charge is 0.273 e. The maximum absolute atomic E-state index is 12.0. The maximum Gasteiger partial charge on any atom is 0.273 e. The van der Waals surface area contributed by atoms with Crippen molar-refractivity contribution in [2.75, 3.05) is 6.54 Å². The minimum atomic E-state index is -0.269. The van der Waals surface area contributed by atoms with Crippen molar-refractivity contribution in [2.45, 2.75) is 33.4 Å². The number of hydrogen-bond acceptors (Lipinski definition) is 4. The summed E-state index contributed by atoms with van der Waals surface area (Å²) < 4.78 is 1.54. The van der Waals surface area contributed by atoms with Gasteiger partial charge in [0.05, 0.1) is 12.7 Å². The van der Waals surface area contributed by atoms with Crippen LogP contribution in [0.5, 0.6) is 0 Å². The van der Waals surface area contributed by atoms with Crippen LogP contribution in [0.3, 0.4) is 0 Å². The van der Waals surface area contributed by atoms with Gasteiger partial charge in [-0.3, -0.25) is 9.59 Å². The first-order valence-corrected chi connectivity index (χ1v) is 7.59. The zero-order valence-electron chi connectivity index (χ0n) is 13.4. The minimum absolute atomic E-state index is 0.0128. The lowest BCUT2D eigenvalue weighted by Gasteiger charge is -2.04. The Morgan fingerprint density at radius 3 is 2.61 bits per heavy atom. The van der Waals surface area contributed by atoms with Crippen LogP contribution in [0.1, 0.15) is 35.0 Å². The molecule has 1 aromatic carbocycles. The summed E-state index contributed by atoms with van der Waals surface area (Å²) in [6.07, 6.45) is 2.02. The number of benzene rings is 1. The fraction of sp³-hybridized carbons (Fsp3) is 0.375. The third-order valence-corrected chi connectivity index (χ3v) is 3.33. The van der Waals surface area contributed by atoms with Crippen molar-refractivity contribution in [3.8, 4) is 0 Å². The molecule has 0 bridgehead atoms. The lowest BCUT2D eigenvalue weighted by atomic mass is 10.1. The highest BCUT2D eigenvalue weighted by molar-refractivity contribution is 5.91. The van der Waals surface area contributed by atoms with Crippen LogP contribution in [0, 0.1) is 6.92 Å². The van der Waals surface area contributed by atoms with E-state index in [1.54, 1.807) is 13.1 Å². The Labute approximate surface area is 135 Å². The normalized spacial score (nSPS) is 10.3. The third-order valence-electron chi connectivity index (χ3n) is 3.33. The van der Waals surface area contributed by atoms with Gasteiger partial charge in [0.1, 0.15) is 0 Å². The van der Waals surface area contributed by atoms with Crippen molar-refractivity contribution >= 4 is 11.8 Å². The summed E-state index contributed by atoms with van der Waals surface area (Å²) in [6.45, 7) is 5.19. The van der Waals surface area contributed by atoms with Gasteiger partial charge in [0.2, 0.25) is 5.91 Å². The van der Waals surface area contributed by atoms with E-state index in [0.717, 1.165) is 5.56 Å². The van der Waals surface area contributed by atoms with Gasteiger partial charge in [0, 0.05) is 19.5 Å². The van der Waals surface area contributed by atoms with E-state index >= 15 is 0 Å². The molecule has 0 aliphatic carbocycles. The monoisotopic (exact) mass is 315 g/mol. The molecule has 122 valence electrons. The lowest BCUT2D eigenvalue weighted by Crippen LogP contribution is -2.26. The first kappa shape index (κ1) is 16.7. The molecule has 2 rings (SSSR count). The highest BCUT2D eigenvalue weighted by Crippen LogP contribution is 2.03. The Balaban J connectivity index is 1.81. The van der Waals surface area contributed by atoms with Crippen LogP contribution in [0.25, 0.3) is 0 Å². The van der Waals surface area contributed by atoms with Crippen molar-refractivity contribution in [2.24, 2.45) is 0 Å². The molecule has 23 heavy (non-hydrogen) atoms. The number of nitrogens with one attached hydrogen (secondary N) is 2. The molecule has 0 aliphatic heterocycles. The number of carbonyl (C=O) groups excluding carboxylic acids is 2. The van der Waals surface area contributed by atoms with Gasteiger partial charge >= 0.3 is 0 Å². The fourth-order valence-electron chi connectivity index (χ4n) is 1.93. The zero-order valence-corrected chi connectivity index (χ0v) is 13.4. The second-order valence-electron chi connectivity index (χ2n) is 5.24. The second-order valence-corrected chi connectivity index (χ2v) is 5.24. The van der Waals surface area contributed by atoms with Gasteiger partial charge in [-0.15, -0.1) is 5.10 Å². The number of carbonyl (C=O) groups is 2. The highest BCUT2D eigenvalue weighted by atomic mass is 16.2. The Morgan fingerprint density at radius 2 is 1.91 bits per heavy atom. The van der Waals surface area contributed by atoms with E-state index in [-0.39, 0.29) is 17.5 Å². The summed E-state index contributed by atoms with van der Waals surface area (Å²) in [4.78, 5) is 23.2. The molecule has 0 aliphatic rings. The van der Waals surface area contributed by atoms with Gasteiger partial charge in [-0.2, -0.15) is 0 Å². The number of hydrogen-bond donors (Lipinski definition) is 2. The molecule has 0 fully saturated rings. The van der Waals surface area contributed by atoms with Gasteiger partial charge in [-0.25, -0.2) is 4.68 Å². The van der Waals surface area contributed by atoms with Crippen LogP contribution in [0.4, 0.5) is 0 Å². The van der Waals surface area contributed by atoms with Gasteiger partial charge in [-0.05, 0) is 12.5 Å². The predicted octanol–water partition coefficient (Wildman–Crippen LogP) is 1.04. The van der Waals surface area contributed by atoms with Crippen LogP contribution in [-0.4, -0.2) is 33.4 Å². The van der Waals surface area contributed by atoms with E-state index < -0.39 is 0 Å². The zero-order chi connectivity index (χ0) is 16.7. The Kier molecular flexibility index (Phi) is 5.85. The summed E-state index contributed by atoms with van der Waals surface area (Å²) in [5.41, 5.74) is 2.47. The van der Waals surface area contributed by atoms with Crippen molar-refractivity contribution in [1.82, 2.24) is 25.6 Å². The first-order chi connectivity index (χ1) is 11.1. The average Bonchev–Trinajstić information content (AvgIpc) is 3.03. The molecular weight excluding hydrogens is 294 g/mol. The van der Waals surface area contributed by atoms with E-state index in [4.69, 9.17) is 0 Å². The molecule has 0 unspecified atom stereocenters. The van der Waals surface area contributed by atoms with Crippen molar-refractivity contribution in [3.63, 3.8) is 0 Å². The second kappa shape index (κ2) is 8.07. The van der Waals surface area contributed by atoms with Crippen molar-refractivity contribution in [3.05, 3.63) is 47.3 Å². The van der Waals surface area contributed by atoms with E-state index in [1.165, 1.54) is 10.2 Å². The Hall–Kier alpha value is -2.70. The number of aromatic nitrogens is 3. The van der Waals surface area contributed by atoms with Gasteiger partial charge in [0.25, 0.3) is 5.91 Å². The Bertz CT molecular complexity index is 663. The molecule has 2 N–H and O–H groups in total. The van der Waals surface area contributed by atoms with Crippen molar-refractivity contribution < 1.29 is 9.59 Å². The van der Waals surface area contributed by atoms with Crippen LogP contribution >= 0.6 is 0 Å². The molecule has 1 aromatic heterocycles. The SMILES string of the molecule is CCC(=O)NCCn1cc(C(=O)NCc2ccc(C)cc2)nn1. The molecule has 2 aromatic rings. The molecule has 0 saturated carbocycles. The summed E-state index contributed by atoms with van der Waals surface area (Å²) in [7, 11) is 0. The number of aryl methyl sites for hydroxylation is 1. The van der Waals surface area contributed by atoms with E-state index in [1.807, 2.05) is 31.2 Å². The first-order valence-electron chi connectivity index (χ1n) is 7.59. The summed E-state index contributed by atoms with van der Waals surface area (Å²) in [6, 6.07) is 7.95. The Morgan fingerprint density at radius 1 is 1.17 bits per heavy atom. The molecular formula is C16H21N5O2. The molecule has 7 heteroatoms. The number of amides is 2. The van der Waals surface area contributed by atoms with E-state index in [9.17, 15) is 9.59 Å². The quantitative estimate of drug-likeness (QED) is 0.799. The number of nitrogens with zero attached hydrogens (tertiary/aromatic N) is 3. The molecule has 0 spiro atoms. The minimum Gasteiger partial charge on any atom is -0.354 e. The van der Waals surface area contributed by atoms with Gasteiger partial charge < -0.3 is 10.6 Å². The van der Waals surface area contributed by atoms with Crippen LogP contribution in [-0.2, 0) is 17.9 Å².